The Balaban J connectivity index is 1.82. The summed E-state index contributed by atoms with van der Waals surface area (Å²) in [6.45, 7) is 1.98. The minimum Gasteiger partial charge on any atom is -0.399 e. The van der Waals surface area contributed by atoms with Gasteiger partial charge in [0.1, 0.15) is 11.6 Å². The van der Waals surface area contributed by atoms with E-state index in [1.165, 1.54) is 5.56 Å². The van der Waals surface area contributed by atoms with Crippen LogP contribution in [-0.2, 0) is 12.8 Å². The molecule has 0 aliphatic heterocycles. The van der Waals surface area contributed by atoms with Gasteiger partial charge in [0, 0.05) is 17.8 Å². The van der Waals surface area contributed by atoms with E-state index >= 15 is 0 Å². The predicted octanol–water partition coefficient (Wildman–Crippen LogP) is 2.94. The van der Waals surface area contributed by atoms with Crippen molar-refractivity contribution in [3.05, 3.63) is 71.8 Å². The van der Waals surface area contributed by atoms with Crippen LogP contribution in [-0.4, -0.2) is 14.8 Å². The standard InChI is InChI=1S/C17H18N4/c1-13-19-20-17(21(13)16-5-3-2-4-6-16)12-9-14-7-10-15(18)11-8-14/h2-8,10-11H,9,12,18H2,1H3. The van der Waals surface area contributed by atoms with E-state index < -0.39 is 0 Å². The van der Waals surface area contributed by atoms with Crippen LogP contribution in [0.4, 0.5) is 5.69 Å². The number of para-hydroxylation sites is 1. The lowest BCUT2D eigenvalue weighted by Crippen LogP contribution is -2.04. The molecule has 0 spiro atoms. The van der Waals surface area contributed by atoms with Crippen LogP contribution in [0.2, 0.25) is 0 Å². The topological polar surface area (TPSA) is 56.7 Å². The molecule has 21 heavy (non-hydrogen) atoms. The molecule has 0 bridgehead atoms. The van der Waals surface area contributed by atoms with Crippen molar-refractivity contribution in [2.24, 2.45) is 0 Å². The van der Waals surface area contributed by atoms with E-state index in [-0.39, 0.29) is 0 Å². The average Bonchev–Trinajstić information content (AvgIpc) is 2.88. The van der Waals surface area contributed by atoms with E-state index in [1.54, 1.807) is 0 Å². The number of hydrogen-bond donors (Lipinski definition) is 1. The molecule has 4 nitrogen and oxygen atoms in total. The fourth-order valence-corrected chi connectivity index (χ4v) is 2.42. The smallest absolute Gasteiger partial charge is 0.137 e. The van der Waals surface area contributed by atoms with Crippen LogP contribution in [0.3, 0.4) is 0 Å². The summed E-state index contributed by atoms with van der Waals surface area (Å²) in [5, 5.41) is 8.53. The number of nitrogens with two attached hydrogens (primary N) is 1. The van der Waals surface area contributed by atoms with Crippen LogP contribution >= 0.6 is 0 Å². The van der Waals surface area contributed by atoms with Gasteiger partial charge in [0.25, 0.3) is 0 Å². The van der Waals surface area contributed by atoms with Gasteiger partial charge in [-0.05, 0) is 43.2 Å². The van der Waals surface area contributed by atoms with Crippen molar-refractivity contribution in [3.8, 4) is 5.69 Å². The minimum absolute atomic E-state index is 0.794. The monoisotopic (exact) mass is 278 g/mol. The maximum atomic E-state index is 5.71. The molecule has 2 N–H and O–H groups in total. The van der Waals surface area contributed by atoms with Gasteiger partial charge in [-0.15, -0.1) is 10.2 Å². The summed E-state index contributed by atoms with van der Waals surface area (Å²) >= 11 is 0. The molecule has 1 heterocycles. The number of aromatic nitrogens is 3. The van der Waals surface area contributed by atoms with Gasteiger partial charge in [0.05, 0.1) is 0 Å². The van der Waals surface area contributed by atoms with Gasteiger partial charge in [-0.1, -0.05) is 30.3 Å². The Morgan fingerprint density at radius 2 is 1.62 bits per heavy atom. The van der Waals surface area contributed by atoms with E-state index in [2.05, 4.69) is 39.0 Å². The van der Waals surface area contributed by atoms with Gasteiger partial charge in [-0.3, -0.25) is 4.57 Å². The maximum Gasteiger partial charge on any atom is 0.137 e. The summed E-state index contributed by atoms with van der Waals surface area (Å²) < 4.78 is 2.11. The quantitative estimate of drug-likeness (QED) is 0.746. The minimum atomic E-state index is 0.794. The molecule has 0 radical (unpaired) electrons. The van der Waals surface area contributed by atoms with Crippen molar-refractivity contribution < 1.29 is 0 Å². The Labute approximate surface area is 124 Å². The highest BCUT2D eigenvalue weighted by atomic mass is 15.3. The average molecular weight is 278 g/mol. The van der Waals surface area contributed by atoms with E-state index in [9.17, 15) is 0 Å². The van der Waals surface area contributed by atoms with E-state index in [0.29, 0.717) is 0 Å². The van der Waals surface area contributed by atoms with Crippen LogP contribution in [0.15, 0.2) is 54.6 Å². The van der Waals surface area contributed by atoms with Crippen LogP contribution in [0.5, 0.6) is 0 Å². The molecule has 0 aliphatic rings. The second-order valence-electron chi connectivity index (χ2n) is 5.08. The fraction of sp³-hybridized carbons (Fsp3) is 0.176. The van der Waals surface area contributed by atoms with Crippen molar-refractivity contribution in [2.45, 2.75) is 19.8 Å². The highest BCUT2D eigenvalue weighted by Crippen LogP contribution is 2.15. The van der Waals surface area contributed by atoms with Gasteiger partial charge in [-0.2, -0.15) is 0 Å². The van der Waals surface area contributed by atoms with Gasteiger partial charge < -0.3 is 5.73 Å². The van der Waals surface area contributed by atoms with Crippen LogP contribution < -0.4 is 5.73 Å². The zero-order valence-corrected chi connectivity index (χ0v) is 12.0. The second kappa shape index (κ2) is 5.79. The normalized spacial score (nSPS) is 10.7. The van der Waals surface area contributed by atoms with Crippen LogP contribution in [0.25, 0.3) is 5.69 Å². The molecule has 0 aliphatic carbocycles. The van der Waals surface area contributed by atoms with E-state index in [4.69, 9.17) is 5.73 Å². The predicted molar refractivity (Wildman–Crippen MR) is 84.4 cm³/mol. The number of anilines is 1. The maximum absolute atomic E-state index is 5.71. The molecule has 0 saturated carbocycles. The van der Waals surface area contributed by atoms with Gasteiger partial charge in [0.2, 0.25) is 0 Å². The van der Waals surface area contributed by atoms with Crippen molar-refractivity contribution in [1.82, 2.24) is 14.8 Å². The van der Waals surface area contributed by atoms with Gasteiger partial charge in [0.15, 0.2) is 0 Å². The molecule has 0 amide bonds. The molecule has 1 aromatic heterocycles. The van der Waals surface area contributed by atoms with Crippen LogP contribution in [0.1, 0.15) is 17.2 Å². The Hall–Kier alpha value is -2.62. The molecule has 106 valence electrons. The number of rotatable bonds is 4. The summed E-state index contributed by atoms with van der Waals surface area (Å²) in [5.41, 5.74) is 8.86. The van der Waals surface area contributed by atoms with Crippen molar-refractivity contribution in [2.75, 3.05) is 5.73 Å². The molecular formula is C17H18N4. The van der Waals surface area contributed by atoms with Crippen LogP contribution in [0, 0.1) is 6.92 Å². The number of nitrogens with zero attached hydrogens (tertiary/aromatic N) is 3. The molecule has 0 saturated heterocycles. The second-order valence-corrected chi connectivity index (χ2v) is 5.08. The highest BCUT2D eigenvalue weighted by Gasteiger charge is 2.10. The summed E-state index contributed by atoms with van der Waals surface area (Å²) in [4.78, 5) is 0. The lowest BCUT2D eigenvalue weighted by atomic mass is 10.1. The summed E-state index contributed by atoms with van der Waals surface area (Å²) in [6, 6.07) is 18.2. The van der Waals surface area contributed by atoms with E-state index in [1.807, 2.05) is 37.3 Å². The highest BCUT2D eigenvalue weighted by molar-refractivity contribution is 5.39. The lowest BCUT2D eigenvalue weighted by molar-refractivity contribution is 0.816. The number of nitrogen functional groups attached to an aromatic ring is 1. The molecule has 0 unspecified atom stereocenters. The zero-order chi connectivity index (χ0) is 14.7. The summed E-state index contributed by atoms with van der Waals surface area (Å²) in [7, 11) is 0. The molecule has 0 atom stereocenters. The summed E-state index contributed by atoms with van der Waals surface area (Å²) in [6.07, 6.45) is 1.77. The first-order valence-corrected chi connectivity index (χ1v) is 7.05. The van der Waals surface area contributed by atoms with Crippen molar-refractivity contribution in [3.63, 3.8) is 0 Å². The largest absolute Gasteiger partial charge is 0.399 e. The molecule has 3 aromatic rings. The Morgan fingerprint density at radius 1 is 0.905 bits per heavy atom. The lowest BCUT2D eigenvalue weighted by Gasteiger charge is -2.08. The molecule has 2 aromatic carbocycles. The first-order valence-electron chi connectivity index (χ1n) is 7.05. The SMILES string of the molecule is Cc1nnc(CCc2ccc(N)cc2)n1-c1ccccc1. The number of benzene rings is 2. The first kappa shape index (κ1) is 13.4. The third kappa shape index (κ3) is 2.94. The Kier molecular flexibility index (Phi) is 3.69. The van der Waals surface area contributed by atoms with E-state index in [0.717, 1.165) is 35.9 Å². The summed E-state index contributed by atoms with van der Waals surface area (Å²) in [5.74, 6) is 1.89. The fourth-order valence-electron chi connectivity index (χ4n) is 2.42. The Bertz CT molecular complexity index is 714. The third-order valence-electron chi connectivity index (χ3n) is 3.52. The zero-order valence-electron chi connectivity index (χ0n) is 12.0. The first-order chi connectivity index (χ1) is 10.2. The van der Waals surface area contributed by atoms with Gasteiger partial charge >= 0.3 is 0 Å². The third-order valence-corrected chi connectivity index (χ3v) is 3.52. The van der Waals surface area contributed by atoms with Crippen molar-refractivity contribution >= 4 is 5.69 Å². The molecular weight excluding hydrogens is 260 g/mol. The molecule has 4 heteroatoms. The van der Waals surface area contributed by atoms with Gasteiger partial charge in [-0.25, -0.2) is 0 Å². The molecule has 0 fully saturated rings. The number of aryl methyl sites for hydroxylation is 3. The molecule has 3 rings (SSSR count). The van der Waals surface area contributed by atoms with Crippen molar-refractivity contribution in [1.29, 1.82) is 0 Å². The Morgan fingerprint density at radius 3 is 2.33 bits per heavy atom. The number of hydrogen-bond acceptors (Lipinski definition) is 3.